The van der Waals surface area contributed by atoms with Crippen molar-refractivity contribution in [3.8, 4) is 5.75 Å². The fourth-order valence-electron chi connectivity index (χ4n) is 2.36. The first kappa shape index (κ1) is 13.3. The maximum atomic E-state index is 14.1. The van der Waals surface area contributed by atoms with Crippen LogP contribution in [0.4, 0.5) is 8.78 Å². The molecule has 1 heterocycles. The number of methoxy groups -OCH3 is 1. The van der Waals surface area contributed by atoms with Crippen LogP contribution < -0.4 is 10.1 Å². The molecule has 100 valence electrons. The van der Waals surface area contributed by atoms with Gasteiger partial charge in [-0.1, -0.05) is 6.42 Å². The van der Waals surface area contributed by atoms with Crippen molar-refractivity contribution in [3.63, 3.8) is 0 Å². The van der Waals surface area contributed by atoms with Crippen molar-refractivity contribution in [2.24, 2.45) is 0 Å². The van der Waals surface area contributed by atoms with E-state index in [0.717, 1.165) is 25.8 Å². The summed E-state index contributed by atoms with van der Waals surface area (Å²) in [4.78, 5) is 0. The summed E-state index contributed by atoms with van der Waals surface area (Å²) in [5.74, 6) is -2.17. The standard InChI is InChI=1S/C14H19F2NO/c1-18-13-7-5-11(6-8-13)14(15,16)10-12-4-2-3-9-17-12/h5-8,12,17H,2-4,9-10H2,1H3. The highest BCUT2D eigenvalue weighted by atomic mass is 19.3. The van der Waals surface area contributed by atoms with E-state index in [-0.39, 0.29) is 18.0 Å². The fraction of sp³-hybridized carbons (Fsp3) is 0.571. The average molecular weight is 255 g/mol. The molecule has 0 amide bonds. The summed E-state index contributed by atoms with van der Waals surface area (Å²) in [7, 11) is 1.53. The lowest BCUT2D eigenvalue weighted by Crippen LogP contribution is -2.37. The molecule has 2 rings (SSSR count). The van der Waals surface area contributed by atoms with Crippen molar-refractivity contribution in [2.75, 3.05) is 13.7 Å². The molecular formula is C14H19F2NO. The van der Waals surface area contributed by atoms with Gasteiger partial charge in [-0.25, -0.2) is 8.78 Å². The molecule has 2 nitrogen and oxygen atoms in total. The second-order valence-corrected chi connectivity index (χ2v) is 4.78. The number of halogens is 2. The zero-order valence-corrected chi connectivity index (χ0v) is 10.6. The monoisotopic (exact) mass is 255 g/mol. The summed E-state index contributed by atoms with van der Waals surface area (Å²) >= 11 is 0. The van der Waals surface area contributed by atoms with Crippen LogP contribution in [0.3, 0.4) is 0 Å². The summed E-state index contributed by atoms with van der Waals surface area (Å²) in [6.07, 6.45) is 2.84. The summed E-state index contributed by atoms with van der Waals surface area (Å²) in [5, 5.41) is 3.16. The largest absolute Gasteiger partial charge is 0.497 e. The summed E-state index contributed by atoms with van der Waals surface area (Å²) in [6.45, 7) is 0.851. The second kappa shape index (κ2) is 5.65. The quantitative estimate of drug-likeness (QED) is 0.891. The molecule has 1 unspecified atom stereocenters. The first-order valence-electron chi connectivity index (χ1n) is 6.37. The molecule has 1 aliphatic rings. The molecule has 0 spiro atoms. The molecule has 0 bridgehead atoms. The number of hydrogen-bond donors (Lipinski definition) is 1. The first-order valence-corrected chi connectivity index (χ1v) is 6.37. The summed E-state index contributed by atoms with van der Waals surface area (Å²) in [6, 6.07) is 5.98. The minimum absolute atomic E-state index is 0.0654. The Kier molecular flexibility index (Phi) is 4.17. The molecule has 1 aliphatic heterocycles. The van der Waals surface area contributed by atoms with E-state index in [4.69, 9.17) is 4.74 Å². The van der Waals surface area contributed by atoms with E-state index in [2.05, 4.69) is 5.32 Å². The van der Waals surface area contributed by atoms with Gasteiger partial charge in [0, 0.05) is 18.0 Å². The Balaban J connectivity index is 2.03. The van der Waals surface area contributed by atoms with Gasteiger partial charge >= 0.3 is 0 Å². The third kappa shape index (κ3) is 3.19. The van der Waals surface area contributed by atoms with E-state index >= 15 is 0 Å². The van der Waals surface area contributed by atoms with Crippen LogP contribution in [0.2, 0.25) is 0 Å². The molecule has 0 radical (unpaired) electrons. The lowest BCUT2D eigenvalue weighted by molar-refractivity contribution is -0.0253. The van der Waals surface area contributed by atoms with Crippen molar-refractivity contribution in [3.05, 3.63) is 29.8 Å². The Morgan fingerprint density at radius 1 is 1.28 bits per heavy atom. The van der Waals surface area contributed by atoms with Crippen LogP contribution >= 0.6 is 0 Å². The van der Waals surface area contributed by atoms with E-state index in [1.807, 2.05) is 0 Å². The molecule has 1 atom stereocenters. The Morgan fingerprint density at radius 3 is 2.56 bits per heavy atom. The molecular weight excluding hydrogens is 236 g/mol. The number of alkyl halides is 2. The van der Waals surface area contributed by atoms with Gasteiger partial charge in [0.15, 0.2) is 0 Å². The third-order valence-corrected chi connectivity index (χ3v) is 3.43. The van der Waals surface area contributed by atoms with Gasteiger partial charge in [-0.2, -0.15) is 0 Å². The van der Waals surface area contributed by atoms with E-state index in [0.29, 0.717) is 5.75 Å². The SMILES string of the molecule is COc1ccc(C(F)(F)CC2CCCCN2)cc1. The summed E-state index contributed by atoms with van der Waals surface area (Å²) < 4.78 is 33.2. The van der Waals surface area contributed by atoms with Crippen molar-refractivity contribution in [2.45, 2.75) is 37.6 Å². The first-order chi connectivity index (χ1) is 8.62. The zero-order chi connectivity index (χ0) is 13.0. The maximum absolute atomic E-state index is 14.1. The molecule has 1 aromatic carbocycles. The van der Waals surface area contributed by atoms with Crippen molar-refractivity contribution in [1.29, 1.82) is 0 Å². The Bertz CT molecular complexity index is 372. The van der Waals surface area contributed by atoms with Crippen LogP contribution in [0.1, 0.15) is 31.2 Å². The highest BCUT2D eigenvalue weighted by molar-refractivity contribution is 5.29. The lowest BCUT2D eigenvalue weighted by Gasteiger charge is -2.27. The lowest BCUT2D eigenvalue weighted by atomic mass is 9.95. The highest BCUT2D eigenvalue weighted by Gasteiger charge is 2.35. The Hall–Kier alpha value is -1.16. The van der Waals surface area contributed by atoms with Crippen molar-refractivity contribution >= 4 is 0 Å². The van der Waals surface area contributed by atoms with Gasteiger partial charge < -0.3 is 10.1 Å². The normalized spacial score (nSPS) is 20.7. The van der Waals surface area contributed by atoms with Crippen LogP contribution in [-0.4, -0.2) is 19.7 Å². The minimum Gasteiger partial charge on any atom is -0.497 e. The predicted octanol–water partition coefficient (Wildman–Crippen LogP) is 3.32. The van der Waals surface area contributed by atoms with Gasteiger partial charge in [-0.05, 0) is 43.7 Å². The molecule has 1 saturated heterocycles. The smallest absolute Gasteiger partial charge is 0.274 e. The predicted molar refractivity (Wildman–Crippen MR) is 67.1 cm³/mol. The van der Waals surface area contributed by atoms with Gasteiger partial charge in [0.1, 0.15) is 5.75 Å². The van der Waals surface area contributed by atoms with E-state index in [9.17, 15) is 8.78 Å². The van der Waals surface area contributed by atoms with Crippen LogP contribution in [0.5, 0.6) is 5.75 Å². The van der Waals surface area contributed by atoms with E-state index in [1.54, 1.807) is 12.1 Å². The zero-order valence-electron chi connectivity index (χ0n) is 10.6. The Morgan fingerprint density at radius 2 is 2.00 bits per heavy atom. The molecule has 0 saturated carbocycles. The molecule has 0 aromatic heterocycles. The topological polar surface area (TPSA) is 21.3 Å². The molecule has 18 heavy (non-hydrogen) atoms. The van der Waals surface area contributed by atoms with E-state index in [1.165, 1.54) is 19.2 Å². The van der Waals surface area contributed by atoms with Gasteiger partial charge in [0.05, 0.1) is 7.11 Å². The number of hydrogen-bond acceptors (Lipinski definition) is 2. The van der Waals surface area contributed by atoms with Crippen LogP contribution in [0.25, 0.3) is 0 Å². The maximum Gasteiger partial charge on any atom is 0.274 e. The van der Waals surface area contributed by atoms with Crippen molar-refractivity contribution < 1.29 is 13.5 Å². The van der Waals surface area contributed by atoms with Gasteiger partial charge in [0.25, 0.3) is 5.92 Å². The van der Waals surface area contributed by atoms with Crippen LogP contribution in [0.15, 0.2) is 24.3 Å². The molecule has 4 heteroatoms. The van der Waals surface area contributed by atoms with Crippen LogP contribution in [0, 0.1) is 0 Å². The minimum atomic E-state index is -2.78. The highest BCUT2D eigenvalue weighted by Crippen LogP contribution is 2.35. The average Bonchev–Trinajstić information content (AvgIpc) is 2.39. The molecule has 1 N–H and O–H groups in total. The number of rotatable bonds is 4. The van der Waals surface area contributed by atoms with Crippen LogP contribution in [-0.2, 0) is 5.92 Å². The number of nitrogens with one attached hydrogen (secondary N) is 1. The second-order valence-electron chi connectivity index (χ2n) is 4.78. The van der Waals surface area contributed by atoms with Gasteiger partial charge in [0.2, 0.25) is 0 Å². The molecule has 0 aliphatic carbocycles. The van der Waals surface area contributed by atoms with E-state index < -0.39 is 5.92 Å². The number of ether oxygens (including phenoxy) is 1. The molecule has 1 fully saturated rings. The molecule has 1 aromatic rings. The third-order valence-electron chi connectivity index (χ3n) is 3.43. The van der Waals surface area contributed by atoms with Gasteiger partial charge in [-0.15, -0.1) is 0 Å². The number of piperidine rings is 1. The Labute approximate surface area is 106 Å². The summed E-state index contributed by atoms with van der Waals surface area (Å²) in [5.41, 5.74) is 0.0654. The van der Waals surface area contributed by atoms with Crippen molar-refractivity contribution in [1.82, 2.24) is 5.32 Å². The number of benzene rings is 1. The van der Waals surface area contributed by atoms with Gasteiger partial charge in [-0.3, -0.25) is 0 Å². The fourth-order valence-corrected chi connectivity index (χ4v) is 2.36.